The first-order chi connectivity index (χ1) is 16.4. The molecule has 1 aliphatic rings. The number of anilines is 1. The van der Waals surface area contributed by atoms with Gasteiger partial charge in [-0.2, -0.15) is 0 Å². The lowest BCUT2D eigenvalue weighted by atomic mass is 10.0. The van der Waals surface area contributed by atoms with E-state index in [0.717, 1.165) is 4.88 Å². The van der Waals surface area contributed by atoms with Gasteiger partial charge in [0, 0.05) is 22.5 Å². The molecule has 2 aromatic heterocycles. The number of carbonyl (C=O) groups is 2. The van der Waals surface area contributed by atoms with Crippen LogP contribution in [0.25, 0.3) is 21.3 Å². The minimum Gasteiger partial charge on any atom is -0.482 e. The van der Waals surface area contributed by atoms with Crippen LogP contribution in [-0.4, -0.2) is 34.4 Å². The van der Waals surface area contributed by atoms with Gasteiger partial charge in [-0.1, -0.05) is 12.1 Å². The van der Waals surface area contributed by atoms with E-state index in [1.165, 1.54) is 34.4 Å². The molecule has 0 unspecified atom stereocenters. The lowest BCUT2D eigenvalue weighted by molar-refractivity contribution is -0.121. The van der Waals surface area contributed by atoms with Crippen LogP contribution in [0.5, 0.6) is 5.75 Å². The van der Waals surface area contributed by atoms with Crippen molar-refractivity contribution in [2.75, 3.05) is 18.1 Å². The van der Waals surface area contributed by atoms with Gasteiger partial charge in [0.15, 0.2) is 12.4 Å². The van der Waals surface area contributed by atoms with Crippen LogP contribution in [0.2, 0.25) is 0 Å². The van der Waals surface area contributed by atoms with E-state index in [1.807, 2.05) is 13.8 Å². The summed E-state index contributed by atoms with van der Waals surface area (Å²) in [5, 5.41) is 0.408. The van der Waals surface area contributed by atoms with Crippen molar-refractivity contribution >= 4 is 38.9 Å². The SMILES string of the molecule is CCN1C(=O)COc2ccc(C(=O)Cn3cnc4sc(C)c(-c5ccc(F)cc5)c4c3=O)cc21. The number of aryl methyl sites for hydroxylation is 1. The number of thiophene rings is 1. The Hall–Kier alpha value is -3.85. The topological polar surface area (TPSA) is 81.5 Å². The second-order valence-corrected chi connectivity index (χ2v) is 9.13. The van der Waals surface area contributed by atoms with Crippen LogP contribution in [0.1, 0.15) is 22.2 Å². The Labute approximate surface area is 198 Å². The molecule has 2 aromatic carbocycles. The minimum absolute atomic E-state index is 0.0361. The third kappa shape index (κ3) is 3.67. The number of likely N-dealkylation sites (N-methyl/N-ethyl adjacent to an activating group) is 1. The molecule has 7 nitrogen and oxygen atoms in total. The van der Waals surface area contributed by atoms with E-state index in [0.29, 0.717) is 44.9 Å². The van der Waals surface area contributed by atoms with Crippen molar-refractivity contribution in [3.63, 3.8) is 0 Å². The summed E-state index contributed by atoms with van der Waals surface area (Å²) in [5.41, 5.74) is 1.98. The summed E-state index contributed by atoms with van der Waals surface area (Å²) in [4.78, 5) is 46.0. The number of hydrogen-bond acceptors (Lipinski definition) is 6. The van der Waals surface area contributed by atoms with Gasteiger partial charge in [0.25, 0.3) is 11.5 Å². The molecule has 3 heterocycles. The number of rotatable bonds is 5. The fraction of sp³-hybridized carbons (Fsp3) is 0.200. The summed E-state index contributed by atoms with van der Waals surface area (Å²) in [6, 6.07) is 10.9. The minimum atomic E-state index is -0.360. The number of benzene rings is 2. The molecule has 0 spiro atoms. The summed E-state index contributed by atoms with van der Waals surface area (Å²) in [6.07, 6.45) is 1.37. The van der Waals surface area contributed by atoms with Crippen LogP contribution in [0, 0.1) is 12.7 Å². The molecule has 0 aliphatic carbocycles. The molecule has 0 N–H and O–H groups in total. The van der Waals surface area contributed by atoms with Crippen LogP contribution < -0.4 is 15.2 Å². The first-order valence-electron chi connectivity index (χ1n) is 10.7. The van der Waals surface area contributed by atoms with Gasteiger partial charge in [-0.25, -0.2) is 9.37 Å². The van der Waals surface area contributed by atoms with Gasteiger partial charge in [0.2, 0.25) is 0 Å². The van der Waals surface area contributed by atoms with Crippen molar-refractivity contribution < 1.29 is 18.7 Å². The number of ketones is 1. The molecule has 0 radical (unpaired) electrons. The first kappa shape index (κ1) is 22.0. The number of carbonyl (C=O) groups excluding carboxylic acids is 2. The number of fused-ring (bicyclic) bond motifs is 2. The average molecular weight is 478 g/mol. The normalized spacial score (nSPS) is 13.1. The zero-order chi connectivity index (χ0) is 24.0. The Morgan fingerprint density at radius 3 is 2.68 bits per heavy atom. The molecule has 5 rings (SSSR count). The molecule has 0 fully saturated rings. The summed E-state index contributed by atoms with van der Waals surface area (Å²) in [7, 11) is 0. The number of nitrogens with zero attached hydrogens (tertiary/aromatic N) is 3. The molecular formula is C25H20FN3O4S. The Morgan fingerprint density at radius 2 is 1.94 bits per heavy atom. The zero-order valence-corrected chi connectivity index (χ0v) is 19.3. The van der Waals surface area contributed by atoms with E-state index >= 15 is 0 Å². The first-order valence-corrected chi connectivity index (χ1v) is 11.5. The summed E-state index contributed by atoms with van der Waals surface area (Å²) in [6.45, 7) is 3.95. The van der Waals surface area contributed by atoms with Crippen LogP contribution >= 0.6 is 11.3 Å². The molecule has 1 amide bonds. The highest BCUT2D eigenvalue weighted by Gasteiger charge is 2.25. The van der Waals surface area contributed by atoms with E-state index in [4.69, 9.17) is 4.74 Å². The number of amides is 1. The number of halogens is 1. The maximum atomic E-state index is 13.4. The molecule has 0 saturated heterocycles. The highest BCUT2D eigenvalue weighted by molar-refractivity contribution is 7.19. The van der Waals surface area contributed by atoms with E-state index in [2.05, 4.69) is 4.98 Å². The second-order valence-electron chi connectivity index (χ2n) is 7.93. The maximum Gasteiger partial charge on any atom is 0.265 e. The highest BCUT2D eigenvalue weighted by atomic mass is 32.1. The third-order valence-electron chi connectivity index (χ3n) is 5.84. The van der Waals surface area contributed by atoms with Crippen LogP contribution in [0.3, 0.4) is 0 Å². The van der Waals surface area contributed by atoms with E-state index in [9.17, 15) is 18.8 Å². The van der Waals surface area contributed by atoms with E-state index in [-0.39, 0.29) is 36.2 Å². The molecule has 172 valence electrons. The number of ether oxygens (including phenoxy) is 1. The van der Waals surface area contributed by atoms with E-state index < -0.39 is 0 Å². The van der Waals surface area contributed by atoms with Crippen LogP contribution in [0.4, 0.5) is 10.1 Å². The van der Waals surface area contributed by atoms with Gasteiger partial charge >= 0.3 is 0 Å². The Balaban J connectivity index is 1.52. The largest absolute Gasteiger partial charge is 0.482 e. The fourth-order valence-electron chi connectivity index (χ4n) is 4.18. The predicted molar refractivity (Wildman–Crippen MR) is 128 cm³/mol. The maximum absolute atomic E-state index is 13.4. The van der Waals surface area contributed by atoms with Gasteiger partial charge in [-0.3, -0.25) is 19.0 Å². The highest BCUT2D eigenvalue weighted by Crippen LogP contribution is 2.36. The van der Waals surface area contributed by atoms with Crippen molar-refractivity contribution in [3.05, 3.63) is 75.4 Å². The second kappa shape index (κ2) is 8.49. The Kier molecular flexibility index (Phi) is 5.49. The lowest BCUT2D eigenvalue weighted by Gasteiger charge is -2.28. The molecule has 4 aromatic rings. The van der Waals surface area contributed by atoms with Crippen molar-refractivity contribution in [2.45, 2.75) is 20.4 Å². The van der Waals surface area contributed by atoms with Crippen molar-refractivity contribution in [1.29, 1.82) is 0 Å². The summed E-state index contributed by atoms with van der Waals surface area (Å²) < 4.78 is 20.2. The molecule has 0 bridgehead atoms. The smallest absolute Gasteiger partial charge is 0.265 e. The molecule has 34 heavy (non-hydrogen) atoms. The summed E-state index contributed by atoms with van der Waals surface area (Å²) >= 11 is 1.38. The third-order valence-corrected chi connectivity index (χ3v) is 6.85. The molecule has 0 atom stereocenters. The molecule has 9 heteroatoms. The van der Waals surface area contributed by atoms with Gasteiger partial charge < -0.3 is 9.64 Å². The zero-order valence-electron chi connectivity index (χ0n) is 18.5. The van der Waals surface area contributed by atoms with Gasteiger partial charge in [0.05, 0.1) is 23.9 Å². The monoisotopic (exact) mass is 477 g/mol. The quantitative estimate of drug-likeness (QED) is 0.403. The summed E-state index contributed by atoms with van der Waals surface area (Å²) in [5.74, 6) is -0.293. The standard InChI is InChI=1S/C25H20FN3O4S/c1-3-29-18-10-16(6-9-20(18)33-12-21(29)31)19(30)11-28-13-27-24-23(25(28)32)22(14(2)34-24)15-4-7-17(26)8-5-15/h4-10,13H,3,11-12H2,1-2H3. The lowest BCUT2D eigenvalue weighted by Crippen LogP contribution is -2.38. The Bertz CT molecular complexity index is 1510. The van der Waals surface area contributed by atoms with Gasteiger partial charge in [-0.15, -0.1) is 11.3 Å². The van der Waals surface area contributed by atoms with Crippen LogP contribution in [-0.2, 0) is 11.3 Å². The number of aromatic nitrogens is 2. The Morgan fingerprint density at radius 1 is 1.18 bits per heavy atom. The number of hydrogen-bond donors (Lipinski definition) is 0. The van der Waals surface area contributed by atoms with Crippen molar-refractivity contribution in [2.24, 2.45) is 0 Å². The van der Waals surface area contributed by atoms with Gasteiger partial charge in [-0.05, 0) is 49.7 Å². The fourth-order valence-corrected chi connectivity index (χ4v) is 5.19. The van der Waals surface area contributed by atoms with Crippen LogP contribution in [0.15, 0.2) is 53.6 Å². The molecule has 0 saturated carbocycles. The van der Waals surface area contributed by atoms with E-state index in [1.54, 1.807) is 35.2 Å². The van der Waals surface area contributed by atoms with Crippen molar-refractivity contribution in [1.82, 2.24) is 9.55 Å². The van der Waals surface area contributed by atoms with Crippen molar-refractivity contribution in [3.8, 4) is 16.9 Å². The average Bonchev–Trinajstić information content (AvgIpc) is 3.17. The number of Topliss-reactive ketones (excluding diaryl/α,β-unsaturated/α-hetero) is 1. The predicted octanol–water partition coefficient (Wildman–Crippen LogP) is 4.20. The van der Waals surface area contributed by atoms with Gasteiger partial charge in [0.1, 0.15) is 16.4 Å². The molecule has 1 aliphatic heterocycles. The molecular weight excluding hydrogens is 457 g/mol.